The van der Waals surface area contributed by atoms with Gasteiger partial charge in [0.2, 0.25) is 5.91 Å². The fourth-order valence-corrected chi connectivity index (χ4v) is 9.32. The van der Waals surface area contributed by atoms with E-state index in [0.29, 0.717) is 19.3 Å². The monoisotopic (exact) mass is 918 g/mol. The number of phosphoric acid groups is 1. The number of nitrogens with one attached hydrogen (secondary N) is 1. The Labute approximate surface area is 384 Å². The zero-order valence-corrected chi connectivity index (χ0v) is 41.6. The van der Waals surface area contributed by atoms with Crippen molar-refractivity contribution in [3.63, 3.8) is 0 Å². The van der Waals surface area contributed by atoms with E-state index in [2.05, 4.69) is 26.1 Å². The van der Waals surface area contributed by atoms with E-state index < -0.39 is 68.7 Å². The average molecular weight is 918 g/mol. The van der Waals surface area contributed by atoms with Gasteiger partial charge in [0.25, 0.3) is 0 Å². The third-order valence-electron chi connectivity index (χ3n) is 12.6. The van der Waals surface area contributed by atoms with Gasteiger partial charge in [-0.1, -0.05) is 220 Å². The van der Waals surface area contributed by atoms with E-state index in [-0.39, 0.29) is 13.0 Å². The second-order valence-electron chi connectivity index (χ2n) is 18.6. The molecule has 1 rings (SSSR count). The van der Waals surface area contributed by atoms with E-state index in [0.717, 1.165) is 64.2 Å². The van der Waals surface area contributed by atoms with Crippen molar-refractivity contribution in [3.05, 3.63) is 0 Å². The van der Waals surface area contributed by atoms with Gasteiger partial charge in [0.1, 0.15) is 18.8 Å². The number of hydrogen-bond donors (Lipinski definition) is 4. The maximum atomic E-state index is 14.2. The van der Waals surface area contributed by atoms with Crippen LogP contribution in [0.1, 0.15) is 252 Å². The molecule has 4 N–H and O–H groups in total. The van der Waals surface area contributed by atoms with Crippen molar-refractivity contribution in [2.24, 2.45) is 5.92 Å². The summed E-state index contributed by atoms with van der Waals surface area (Å²) in [6.45, 7) is 7.30. The molecule has 1 aliphatic rings. The Balaban J connectivity index is 3.01. The number of amides is 1. The Kier molecular flexibility index (Phi) is 37.4. The molecule has 1 saturated heterocycles. The van der Waals surface area contributed by atoms with Crippen LogP contribution in [0, 0.1) is 5.92 Å². The smallest absolute Gasteiger partial charge is 0.463 e. The van der Waals surface area contributed by atoms with Crippen LogP contribution in [0.5, 0.6) is 0 Å². The van der Waals surface area contributed by atoms with Gasteiger partial charge in [0.05, 0.1) is 31.1 Å². The number of rotatable bonds is 43. The van der Waals surface area contributed by atoms with Gasteiger partial charge in [-0.05, 0) is 19.3 Å². The number of carbonyl (C=O) groups excluding carboxylic acids is 3. The van der Waals surface area contributed by atoms with Crippen LogP contribution < -0.4 is 5.32 Å². The molecule has 1 aliphatic heterocycles. The summed E-state index contributed by atoms with van der Waals surface area (Å²) < 4.78 is 34.8. The van der Waals surface area contributed by atoms with Gasteiger partial charge in [-0.25, -0.2) is 4.57 Å². The van der Waals surface area contributed by atoms with E-state index in [1.54, 1.807) is 0 Å². The van der Waals surface area contributed by atoms with E-state index >= 15 is 0 Å². The summed E-state index contributed by atoms with van der Waals surface area (Å²) in [5.41, 5.74) is 0. The molecule has 1 unspecified atom stereocenters. The molecule has 6 atom stereocenters. The summed E-state index contributed by atoms with van der Waals surface area (Å²) in [5.74, 6) is -2.07. The van der Waals surface area contributed by atoms with E-state index in [9.17, 15) is 33.8 Å². The highest BCUT2D eigenvalue weighted by molar-refractivity contribution is 7.46. The summed E-state index contributed by atoms with van der Waals surface area (Å²) in [5, 5.41) is 13.6. The molecule has 1 fully saturated rings. The van der Waals surface area contributed by atoms with Crippen molar-refractivity contribution in [1.82, 2.24) is 5.32 Å². The van der Waals surface area contributed by atoms with Gasteiger partial charge in [-0.2, -0.15) is 0 Å². The van der Waals surface area contributed by atoms with Gasteiger partial charge in [0, 0.05) is 6.92 Å². The lowest BCUT2D eigenvalue weighted by molar-refractivity contribution is -0.195. The van der Waals surface area contributed by atoms with Crippen LogP contribution in [0.3, 0.4) is 0 Å². The highest BCUT2D eigenvalue weighted by atomic mass is 31.2. The van der Waals surface area contributed by atoms with Gasteiger partial charge < -0.3 is 34.4 Å². The van der Waals surface area contributed by atoms with Crippen molar-refractivity contribution in [1.29, 1.82) is 0 Å². The Hall–Kier alpha value is -1.56. The third-order valence-corrected chi connectivity index (χ3v) is 13.1. The van der Waals surface area contributed by atoms with Crippen LogP contribution in [0.4, 0.5) is 0 Å². The first-order chi connectivity index (χ1) is 30.4. The lowest BCUT2D eigenvalue weighted by Gasteiger charge is -2.42. The van der Waals surface area contributed by atoms with Gasteiger partial charge in [0.15, 0.2) is 6.10 Å². The van der Waals surface area contributed by atoms with Crippen molar-refractivity contribution in [3.8, 4) is 0 Å². The van der Waals surface area contributed by atoms with Gasteiger partial charge >= 0.3 is 19.8 Å². The second kappa shape index (κ2) is 39.6. The largest absolute Gasteiger partial charge is 0.470 e. The molecular weight excluding hydrogens is 822 g/mol. The molecule has 0 aromatic carbocycles. The SMILES string of the molecule is CCCCCCCCCCCCCCC(CCCCCCCCCCCC)C(=O)O[C@H]1[C@H](OP(=O)(O)O)[C@@H](COC(C)=O)OC[C@@H]1NC(=O)C[C@H](O)CCCCCCCCCCC. The number of ether oxygens (including phenoxy) is 3. The Morgan fingerprint density at radius 2 is 0.984 bits per heavy atom. The van der Waals surface area contributed by atoms with Crippen molar-refractivity contribution >= 4 is 25.7 Å². The predicted molar refractivity (Wildman–Crippen MR) is 253 cm³/mol. The number of unbranched alkanes of at least 4 members (excludes halogenated alkanes) is 28. The Morgan fingerprint density at radius 3 is 1.37 bits per heavy atom. The number of carbonyl (C=O) groups is 3. The van der Waals surface area contributed by atoms with Crippen LogP contribution in [0.15, 0.2) is 0 Å². The maximum Gasteiger partial charge on any atom is 0.470 e. The minimum absolute atomic E-state index is 0.185. The van der Waals surface area contributed by atoms with Crippen LogP contribution >= 0.6 is 7.82 Å². The van der Waals surface area contributed by atoms with E-state index in [4.69, 9.17) is 18.7 Å². The zero-order valence-electron chi connectivity index (χ0n) is 40.7. The minimum Gasteiger partial charge on any atom is -0.463 e. The molecular formula is C50H96NO11P. The molecule has 1 amide bonds. The highest BCUT2D eigenvalue weighted by Crippen LogP contribution is 2.42. The molecule has 63 heavy (non-hydrogen) atoms. The van der Waals surface area contributed by atoms with E-state index in [1.165, 1.54) is 142 Å². The number of esters is 2. The van der Waals surface area contributed by atoms with Gasteiger partial charge in [-0.3, -0.25) is 18.9 Å². The Bertz CT molecular complexity index is 1170. The second-order valence-corrected chi connectivity index (χ2v) is 19.8. The molecule has 12 nitrogen and oxygen atoms in total. The zero-order chi connectivity index (χ0) is 46.4. The number of phosphoric ester groups is 1. The molecule has 372 valence electrons. The normalized spacial score (nSPS) is 18.8. The first kappa shape index (κ1) is 59.5. The maximum absolute atomic E-state index is 14.2. The van der Waals surface area contributed by atoms with Crippen LogP contribution in [-0.2, 0) is 37.7 Å². The summed E-state index contributed by atoms with van der Waals surface area (Å²) >= 11 is 0. The van der Waals surface area contributed by atoms with Crippen molar-refractivity contribution < 1.29 is 52.6 Å². The summed E-state index contributed by atoms with van der Waals surface area (Å²) in [4.78, 5) is 59.4. The summed E-state index contributed by atoms with van der Waals surface area (Å²) in [6, 6.07) is -1.03. The molecule has 0 spiro atoms. The van der Waals surface area contributed by atoms with Crippen LogP contribution in [0.2, 0.25) is 0 Å². The van der Waals surface area contributed by atoms with Crippen molar-refractivity contribution in [2.45, 2.75) is 283 Å². The predicted octanol–water partition coefficient (Wildman–Crippen LogP) is 12.5. The number of aliphatic hydroxyl groups is 1. The third kappa shape index (κ3) is 33.5. The first-order valence-corrected chi connectivity index (χ1v) is 27.6. The Morgan fingerprint density at radius 1 is 0.603 bits per heavy atom. The highest BCUT2D eigenvalue weighted by Gasteiger charge is 2.48. The topological polar surface area (TPSA) is 178 Å². The van der Waals surface area contributed by atoms with Crippen LogP contribution in [0.25, 0.3) is 0 Å². The van der Waals surface area contributed by atoms with Gasteiger partial charge in [-0.15, -0.1) is 0 Å². The molecule has 0 radical (unpaired) electrons. The number of aliphatic hydroxyl groups excluding tert-OH is 1. The fourth-order valence-electron chi connectivity index (χ4n) is 8.75. The minimum atomic E-state index is -5.18. The standard InChI is InChI=1S/C50H96NO11P/c1-5-8-11-14-17-20-22-23-26-28-31-34-37-43(36-33-30-27-25-21-18-15-12-9-6-2)50(55)61-48-45(40-60-46(41-59-42(4)52)49(48)62-63(56,57)58)51-47(54)39-44(53)38-35-32-29-24-19-16-13-10-7-3/h43-46,48-49,53H,5-41H2,1-4H3,(H,51,54)(H2,56,57,58)/t43?,44-,45+,46-,48-,49-/m1/s1. The van der Waals surface area contributed by atoms with Crippen LogP contribution in [-0.4, -0.2) is 76.4 Å². The molecule has 13 heteroatoms. The molecule has 0 aromatic heterocycles. The first-order valence-electron chi connectivity index (χ1n) is 26.1. The quantitative estimate of drug-likeness (QED) is 0.0260. The molecule has 0 aliphatic carbocycles. The number of hydrogen-bond acceptors (Lipinski definition) is 9. The molecule has 0 bridgehead atoms. The molecule has 1 heterocycles. The molecule has 0 aromatic rings. The fraction of sp³-hybridized carbons (Fsp3) is 0.940. The lowest BCUT2D eigenvalue weighted by atomic mass is 9.93. The summed E-state index contributed by atoms with van der Waals surface area (Å²) in [6.07, 6.45) is 33.0. The summed E-state index contributed by atoms with van der Waals surface area (Å²) in [7, 11) is -5.18. The van der Waals surface area contributed by atoms with Crippen molar-refractivity contribution in [2.75, 3.05) is 13.2 Å². The lowest BCUT2D eigenvalue weighted by Crippen LogP contribution is -2.62. The molecule has 0 saturated carbocycles. The van der Waals surface area contributed by atoms with E-state index in [1.807, 2.05) is 0 Å². The average Bonchev–Trinajstić information content (AvgIpc) is 3.23.